The van der Waals surface area contributed by atoms with Crippen LogP contribution >= 0.6 is 0 Å². The van der Waals surface area contributed by atoms with Crippen LogP contribution in [0.1, 0.15) is 29.0 Å². The van der Waals surface area contributed by atoms with Crippen molar-refractivity contribution in [1.29, 1.82) is 0 Å². The minimum atomic E-state index is -0.223. The number of rotatable bonds is 7. The van der Waals surface area contributed by atoms with E-state index in [1.807, 2.05) is 12.1 Å². The quantitative estimate of drug-likeness (QED) is 0.787. The van der Waals surface area contributed by atoms with E-state index >= 15 is 0 Å². The first-order valence-corrected chi connectivity index (χ1v) is 9.23. The molecule has 1 amide bonds. The van der Waals surface area contributed by atoms with Gasteiger partial charge < -0.3 is 19.3 Å². The van der Waals surface area contributed by atoms with Crippen molar-refractivity contribution >= 4 is 5.91 Å². The first kappa shape index (κ1) is 17.9. The van der Waals surface area contributed by atoms with Gasteiger partial charge in [0.15, 0.2) is 0 Å². The summed E-state index contributed by atoms with van der Waals surface area (Å²) in [6.45, 7) is 3.98. The Labute approximate surface area is 157 Å². The molecule has 2 aromatic rings. The molecule has 1 spiro atoms. The molecule has 0 aliphatic carbocycles. The molecule has 0 aromatic carbocycles. The second kappa shape index (κ2) is 7.66. The van der Waals surface area contributed by atoms with Crippen LogP contribution in [0.3, 0.4) is 0 Å². The van der Waals surface area contributed by atoms with Gasteiger partial charge in [-0.25, -0.2) is 4.98 Å². The van der Waals surface area contributed by atoms with Crippen molar-refractivity contribution in [3.05, 3.63) is 41.9 Å². The molecule has 0 saturated carbocycles. The Morgan fingerprint density at radius 2 is 2.30 bits per heavy atom. The lowest BCUT2D eigenvalue weighted by Gasteiger charge is -2.50. The normalized spacial score (nSPS) is 21.1. The van der Waals surface area contributed by atoms with Crippen molar-refractivity contribution in [2.75, 3.05) is 33.4 Å². The predicted octanol–water partition coefficient (Wildman–Crippen LogP) is 1.49. The zero-order chi connectivity index (χ0) is 18.7. The van der Waals surface area contributed by atoms with Gasteiger partial charge in [0.25, 0.3) is 5.91 Å². The van der Waals surface area contributed by atoms with Crippen LogP contribution in [0.15, 0.2) is 35.1 Å². The highest BCUT2D eigenvalue weighted by Gasteiger charge is 2.52. The summed E-state index contributed by atoms with van der Waals surface area (Å²) >= 11 is 0. The number of methoxy groups -OCH3 is 1. The largest absolute Gasteiger partial charge is 0.481 e. The minimum absolute atomic E-state index is 0.0909. The van der Waals surface area contributed by atoms with Gasteiger partial charge >= 0.3 is 0 Å². The maximum atomic E-state index is 11.9. The molecule has 2 fully saturated rings. The second-order valence-corrected chi connectivity index (χ2v) is 7.14. The lowest BCUT2D eigenvalue weighted by molar-refractivity contribution is -0.136. The van der Waals surface area contributed by atoms with Crippen LogP contribution in [0.25, 0.3) is 0 Å². The molecule has 2 aliphatic rings. The highest BCUT2D eigenvalue weighted by molar-refractivity contribution is 5.91. The van der Waals surface area contributed by atoms with Crippen LogP contribution in [-0.4, -0.2) is 59.9 Å². The molecule has 4 heterocycles. The van der Waals surface area contributed by atoms with Gasteiger partial charge in [0.05, 0.1) is 18.9 Å². The Morgan fingerprint density at radius 3 is 3.07 bits per heavy atom. The zero-order valence-electron chi connectivity index (χ0n) is 15.4. The summed E-state index contributed by atoms with van der Waals surface area (Å²) in [6, 6.07) is 5.54. The predicted molar refractivity (Wildman–Crippen MR) is 96.3 cm³/mol. The summed E-state index contributed by atoms with van der Waals surface area (Å²) in [7, 11) is 1.65. The van der Waals surface area contributed by atoms with Crippen molar-refractivity contribution in [3.63, 3.8) is 0 Å². The van der Waals surface area contributed by atoms with E-state index in [9.17, 15) is 4.79 Å². The number of amides is 1. The topological polar surface area (TPSA) is 89.7 Å². The fraction of sp³-hybridized carbons (Fsp3) is 0.526. The summed E-state index contributed by atoms with van der Waals surface area (Å²) in [5.41, 5.74) is 0.996. The fourth-order valence-electron chi connectivity index (χ4n) is 4.11. The standard InChI is InChI=1S/C19H24N4O4/c1-25-18-14(3-2-7-21-18)11-23-12-19(13-23)15(6-10-26-19)4-8-20-17(24)16-5-9-22-27-16/h2-3,5,7,9,15H,4,6,8,10-13H2,1H3,(H,20,24)/t15-/m0/s1. The number of likely N-dealkylation sites (tertiary alicyclic amines) is 1. The third kappa shape index (κ3) is 3.68. The van der Waals surface area contributed by atoms with E-state index in [2.05, 4.69) is 20.4 Å². The molecule has 0 bridgehead atoms. The molecular formula is C19H24N4O4. The molecule has 1 N–H and O–H groups in total. The molecule has 8 heteroatoms. The van der Waals surface area contributed by atoms with Gasteiger partial charge in [-0.15, -0.1) is 0 Å². The van der Waals surface area contributed by atoms with Crippen LogP contribution in [0.2, 0.25) is 0 Å². The highest BCUT2D eigenvalue weighted by atomic mass is 16.5. The third-order valence-electron chi connectivity index (χ3n) is 5.46. The fourth-order valence-corrected chi connectivity index (χ4v) is 4.11. The molecule has 2 aromatic heterocycles. The maximum Gasteiger partial charge on any atom is 0.289 e. The number of hydrogen-bond acceptors (Lipinski definition) is 7. The summed E-state index contributed by atoms with van der Waals surface area (Å²) in [5, 5.41) is 6.45. The zero-order valence-corrected chi connectivity index (χ0v) is 15.4. The van der Waals surface area contributed by atoms with E-state index in [1.165, 1.54) is 6.20 Å². The Kier molecular flexibility index (Phi) is 5.09. The van der Waals surface area contributed by atoms with E-state index in [0.717, 1.165) is 44.6 Å². The molecule has 27 heavy (non-hydrogen) atoms. The number of hydrogen-bond donors (Lipinski definition) is 1. The van der Waals surface area contributed by atoms with Crippen molar-refractivity contribution in [3.8, 4) is 5.88 Å². The highest BCUT2D eigenvalue weighted by Crippen LogP contribution is 2.42. The maximum absolute atomic E-state index is 11.9. The van der Waals surface area contributed by atoms with E-state index in [0.29, 0.717) is 18.3 Å². The van der Waals surface area contributed by atoms with E-state index in [4.69, 9.17) is 14.0 Å². The number of carbonyl (C=O) groups excluding carboxylic acids is 1. The van der Waals surface area contributed by atoms with Crippen LogP contribution in [-0.2, 0) is 11.3 Å². The second-order valence-electron chi connectivity index (χ2n) is 7.14. The minimum Gasteiger partial charge on any atom is -0.481 e. The molecule has 4 rings (SSSR count). The van der Waals surface area contributed by atoms with Crippen LogP contribution in [0, 0.1) is 5.92 Å². The number of ether oxygens (including phenoxy) is 2. The number of nitrogens with one attached hydrogen (secondary N) is 1. The molecule has 0 unspecified atom stereocenters. The number of nitrogens with zero attached hydrogens (tertiary/aromatic N) is 3. The van der Waals surface area contributed by atoms with Crippen molar-refractivity contribution in [2.24, 2.45) is 5.92 Å². The van der Waals surface area contributed by atoms with Gasteiger partial charge in [0.1, 0.15) is 0 Å². The smallest absolute Gasteiger partial charge is 0.289 e. The number of aromatic nitrogens is 2. The Bertz CT molecular complexity index is 774. The first-order chi connectivity index (χ1) is 13.2. The average molecular weight is 372 g/mol. The van der Waals surface area contributed by atoms with Crippen molar-refractivity contribution < 1.29 is 18.8 Å². The Morgan fingerprint density at radius 1 is 1.41 bits per heavy atom. The van der Waals surface area contributed by atoms with Gasteiger partial charge in [-0.2, -0.15) is 0 Å². The van der Waals surface area contributed by atoms with Crippen LogP contribution in [0.4, 0.5) is 0 Å². The van der Waals surface area contributed by atoms with Crippen LogP contribution in [0.5, 0.6) is 5.88 Å². The van der Waals surface area contributed by atoms with Crippen molar-refractivity contribution in [1.82, 2.24) is 20.4 Å². The van der Waals surface area contributed by atoms with Gasteiger partial charge in [0.2, 0.25) is 11.6 Å². The molecule has 1 atom stereocenters. The SMILES string of the molecule is COc1ncccc1CN1CC2(C1)OCC[C@@H]2CCNC(=O)c1ccno1. The lowest BCUT2D eigenvalue weighted by atomic mass is 9.78. The summed E-state index contributed by atoms with van der Waals surface area (Å²) in [5.74, 6) is 1.14. The number of pyridine rings is 1. The van der Waals surface area contributed by atoms with Crippen LogP contribution < -0.4 is 10.1 Å². The molecule has 8 nitrogen and oxygen atoms in total. The van der Waals surface area contributed by atoms with Gasteiger partial charge in [-0.1, -0.05) is 11.2 Å². The molecular weight excluding hydrogens is 348 g/mol. The van der Waals surface area contributed by atoms with E-state index in [1.54, 1.807) is 19.4 Å². The summed E-state index contributed by atoms with van der Waals surface area (Å²) < 4.78 is 16.3. The third-order valence-corrected chi connectivity index (χ3v) is 5.46. The summed E-state index contributed by atoms with van der Waals surface area (Å²) in [4.78, 5) is 18.5. The molecule has 0 radical (unpaired) electrons. The van der Waals surface area contributed by atoms with E-state index < -0.39 is 0 Å². The van der Waals surface area contributed by atoms with Crippen molar-refractivity contribution in [2.45, 2.75) is 25.0 Å². The van der Waals surface area contributed by atoms with Gasteiger partial charge in [0, 0.05) is 50.6 Å². The Hall–Kier alpha value is -2.45. The molecule has 2 saturated heterocycles. The van der Waals surface area contributed by atoms with Gasteiger partial charge in [-0.3, -0.25) is 9.69 Å². The lowest BCUT2D eigenvalue weighted by Crippen LogP contribution is -2.64. The summed E-state index contributed by atoms with van der Waals surface area (Å²) in [6.07, 6.45) is 5.13. The average Bonchev–Trinajstić information content (AvgIpc) is 3.32. The van der Waals surface area contributed by atoms with E-state index in [-0.39, 0.29) is 17.3 Å². The number of carbonyl (C=O) groups is 1. The molecule has 144 valence electrons. The molecule has 2 aliphatic heterocycles. The monoisotopic (exact) mass is 372 g/mol. The first-order valence-electron chi connectivity index (χ1n) is 9.23. The van der Waals surface area contributed by atoms with Gasteiger partial charge in [-0.05, 0) is 24.8 Å². The Balaban J connectivity index is 1.27.